The van der Waals surface area contributed by atoms with Crippen LogP contribution in [0.15, 0.2) is 40.9 Å². The molecule has 0 saturated carbocycles. The average Bonchev–Trinajstić information content (AvgIpc) is 2.32. The predicted molar refractivity (Wildman–Crippen MR) is 82.8 cm³/mol. The first-order valence-corrected chi connectivity index (χ1v) is 7.11. The minimum absolute atomic E-state index is 0.160. The molecule has 0 heterocycles. The number of hydrogen-bond acceptors (Lipinski definition) is 1. The minimum atomic E-state index is 0.160. The first-order valence-electron chi connectivity index (χ1n) is 6.32. The largest absolute Gasteiger partial charge is 0.294 e. The SMILES string of the molecule is Cc1cc(Br)cc(C(=O)Cc2ccc(C)c(C)c2)c1. The van der Waals surface area contributed by atoms with Crippen molar-refractivity contribution in [2.24, 2.45) is 0 Å². The van der Waals surface area contributed by atoms with E-state index in [0.717, 1.165) is 21.2 Å². The van der Waals surface area contributed by atoms with Crippen LogP contribution >= 0.6 is 15.9 Å². The molecule has 0 aliphatic carbocycles. The third-order valence-corrected chi connectivity index (χ3v) is 3.76. The molecule has 2 heteroatoms. The fraction of sp³-hybridized carbons (Fsp3) is 0.235. The Balaban J connectivity index is 2.22. The number of halogens is 1. The van der Waals surface area contributed by atoms with Crippen molar-refractivity contribution < 1.29 is 4.79 Å². The van der Waals surface area contributed by atoms with Crippen molar-refractivity contribution in [2.45, 2.75) is 27.2 Å². The molecule has 0 fully saturated rings. The summed E-state index contributed by atoms with van der Waals surface area (Å²) in [7, 11) is 0. The van der Waals surface area contributed by atoms with Gasteiger partial charge in [-0.1, -0.05) is 34.1 Å². The third-order valence-electron chi connectivity index (χ3n) is 3.30. The van der Waals surface area contributed by atoms with Gasteiger partial charge in [-0.15, -0.1) is 0 Å². The Hall–Kier alpha value is -1.41. The maximum absolute atomic E-state index is 12.3. The normalized spacial score (nSPS) is 10.5. The third kappa shape index (κ3) is 3.54. The van der Waals surface area contributed by atoms with Gasteiger partial charge in [0.2, 0.25) is 0 Å². The summed E-state index contributed by atoms with van der Waals surface area (Å²) in [6.45, 7) is 6.16. The highest BCUT2D eigenvalue weighted by Gasteiger charge is 2.09. The molecule has 0 aromatic heterocycles. The van der Waals surface area contributed by atoms with Crippen LogP contribution < -0.4 is 0 Å². The number of benzene rings is 2. The Bertz CT molecular complexity index is 609. The quantitative estimate of drug-likeness (QED) is 0.743. The topological polar surface area (TPSA) is 17.1 Å². The number of rotatable bonds is 3. The van der Waals surface area contributed by atoms with Crippen molar-refractivity contribution in [2.75, 3.05) is 0 Å². The van der Waals surface area contributed by atoms with E-state index in [-0.39, 0.29) is 5.78 Å². The lowest BCUT2D eigenvalue weighted by Crippen LogP contribution is -2.04. The average molecular weight is 317 g/mol. The molecule has 0 atom stereocenters. The Kier molecular flexibility index (Phi) is 4.20. The summed E-state index contributed by atoms with van der Waals surface area (Å²) in [5.74, 6) is 0.160. The summed E-state index contributed by atoms with van der Waals surface area (Å²) in [5.41, 5.74) is 5.43. The summed E-state index contributed by atoms with van der Waals surface area (Å²) in [5, 5.41) is 0. The van der Waals surface area contributed by atoms with Crippen molar-refractivity contribution in [1.29, 1.82) is 0 Å². The zero-order chi connectivity index (χ0) is 14.0. The van der Waals surface area contributed by atoms with Gasteiger partial charge in [-0.2, -0.15) is 0 Å². The van der Waals surface area contributed by atoms with Crippen LogP contribution in [-0.4, -0.2) is 5.78 Å². The molecular formula is C17H17BrO. The summed E-state index contributed by atoms with van der Waals surface area (Å²) in [6.07, 6.45) is 0.455. The van der Waals surface area contributed by atoms with Gasteiger partial charge in [0.1, 0.15) is 0 Å². The van der Waals surface area contributed by atoms with Crippen molar-refractivity contribution in [1.82, 2.24) is 0 Å². The van der Waals surface area contributed by atoms with E-state index in [9.17, 15) is 4.79 Å². The first-order chi connectivity index (χ1) is 8.95. The Morgan fingerprint density at radius 3 is 2.37 bits per heavy atom. The molecule has 2 rings (SSSR count). The van der Waals surface area contributed by atoms with E-state index >= 15 is 0 Å². The van der Waals surface area contributed by atoms with Gasteiger partial charge in [-0.05, 0) is 61.2 Å². The van der Waals surface area contributed by atoms with Crippen LogP contribution in [0.4, 0.5) is 0 Å². The molecule has 0 radical (unpaired) electrons. The van der Waals surface area contributed by atoms with Gasteiger partial charge >= 0.3 is 0 Å². The molecule has 0 saturated heterocycles. The molecule has 98 valence electrons. The van der Waals surface area contributed by atoms with Crippen LogP contribution in [0.2, 0.25) is 0 Å². The van der Waals surface area contributed by atoms with E-state index in [1.54, 1.807) is 0 Å². The molecule has 0 amide bonds. The van der Waals surface area contributed by atoms with E-state index in [1.807, 2.05) is 31.2 Å². The molecule has 0 unspecified atom stereocenters. The van der Waals surface area contributed by atoms with Crippen LogP contribution in [0.25, 0.3) is 0 Å². The number of hydrogen-bond donors (Lipinski definition) is 0. The molecule has 19 heavy (non-hydrogen) atoms. The van der Waals surface area contributed by atoms with Gasteiger partial charge < -0.3 is 0 Å². The summed E-state index contributed by atoms with van der Waals surface area (Å²) >= 11 is 3.44. The lowest BCUT2D eigenvalue weighted by molar-refractivity contribution is 0.0993. The second kappa shape index (κ2) is 5.70. The second-order valence-electron chi connectivity index (χ2n) is 5.04. The van der Waals surface area contributed by atoms with Crippen LogP contribution in [0, 0.1) is 20.8 Å². The van der Waals surface area contributed by atoms with Crippen LogP contribution in [-0.2, 0) is 6.42 Å². The molecule has 0 spiro atoms. The van der Waals surface area contributed by atoms with E-state index in [1.165, 1.54) is 11.1 Å². The molecular weight excluding hydrogens is 300 g/mol. The van der Waals surface area contributed by atoms with Crippen LogP contribution in [0.5, 0.6) is 0 Å². The summed E-state index contributed by atoms with van der Waals surface area (Å²) in [6, 6.07) is 12.0. The standard InChI is InChI=1S/C17H17BrO/c1-11-6-15(10-16(18)7-11)17(19)9-14-5-4-12(2)13(3)8-14/h4-8,10H,9H2,1-3H3. The van der Waals surface area contributed by atoms with Crippen LogP contribution in [0.3, 0.4) is 0 Å². The van der Waals surface area contributed by atoms with E-state index in [0.29, 0.717) is 6.42 Å². The summed E-state index contributed by atoms with van der Waals surface area (Å²) < 4.78 is 0.955. The second-order valence-corrected chi connectivity index (χ2v) is 5.95. The zero-order valence-corrected chi connectivity index (χ0v) is 13.0. The summed E-state index contributed by atoms with van der Waals surface area (Å²) in [4.78, 5) is 12.3. The lowest BCUT2D eigenvalue weighted by Gasteiger charge is -2.06. The van der Waals surface area contributed by atoms with E-state index in [4.69, 9.17) is 0 Å². The number of ketones is 1. The Morgan fingerprint density at radius 1 is 1.00 bits per heavy atom. The van der Waals surface area contributed by atoms with Gasteiger partial charge in [-0.3, -0.25) is 4.79 Å². The van der Waals surface area contributed by atoms with E-state index in [2.05, 4.69) is 41.9 Å². The van der Waals surface area contributed by atoms with Crippen LogP contribution in [0.1, 0.15) is 32.6 Å². The maximum atomic E-state index is 12.3. The molecule has 2 aromatic rings. The number of Topliss-reactive ketones (excluding diaryl/α,β-unsaturated/α-hetero) is 1. The van der Waals surface area contributed by atoms with Crippen molar-refractivity contribution in [3.63, 3.8) is 0 Å². The van der Waals surface area contributed by atoms with Crippen molar-refractivity contribution in [3.05, 3.63) is 68.7 Å². The Morgan fingerprint density at radius 2 is 1.74 bits per heavy atom. The number of carbonyl (C=O) groups excluding carboxylic acids is 1. The lowest BCUT2D eigenvalue weighted by atomic mass is 9.99. The van der Waals surface area contributed by atoms with Gasteiger partial charge in [0.25, 0.3) is 0 Å². The van der Waals surface area contributed by atoms with Crippen molar-refractivity contribution >= 4 is 21.7 Å². The Labute approximate surface area is 122 Å². The van der Waals surface area contributed by atoms with Gasteiger partial charge in [-0.25, -0.2) is 0 Å². The number of aryl methyl sites for hydroxylation is 3. The molecule has 1 nitrogen and oxygen atoms in total. The van der Waals surface area contributed by atoms with Gasteiger partial charge in [0.05, 0.1) is 0 Å². The zero-order valence-electron chi connectivity index (χ0n) is 11.5. The first kappa shape index (κ1) is 14.0. The molecule has 2 aromatic carbocycles. The fourth-order valence-electron chi connectivity index (χ4n) is 2.10. The molecule has 0 bridgehead atoms. The highest BCUT2D eigenvalue weighted by molar-refractivity contribution is 9.10. The molecule has 0 aliphatic heterocycles. The highest BCUT2D eigenvalue weighted by atomic mass is 79.9. The predicted octanol–water partition coefficient (Wildman–Crippen LogP) is 4.80. The van der Waals surface area contributed by atoms with E-state index < -0.39 is 0 Å². The monoisotopic (exact) mass is 316 g/mol. The smallest absolute Gasteiger partial charge is 0.167 e. The molecule has 0 aliphatic rings. The van der Waals surface area contributed by atoms with Crippen molar-refractivity contribution in [3.8, 4) is 0 Å². The number of carbonyl (C=O) groups is 1. The highest BCUT2D eigenvalue weighted by Crippen LogP contribution is 2.18. The molecule has 0 N–H and O–H groups in total. The minimum Gasteiger partial charge on any atom is -0.294 e. The van der Waals surface area contributed by atoms with Gasteiger partial charge in [0, 0.05) is 16.5 Å². The maximum Gasteiger partial charge on any atom is 0.167 e. The van der Waals surface area contributed by atoms with Gasteiger partial charge in [0.15, 0.2) is 5.78 Å². The fourth-order valence-corrected chi connectivity index (χ4v) is 2.71.